The van der Waals surface area contributed by atoms with E-state index >= 15 is 4.39 Å². The van der Waals surface area contributed by atoms with E-state index in [4.69, 9.17) is 0 Å². The van der Waals surface area contributed by atoms with E-state index < -0.39 is 94.1 Å². The van der Waals surface area contributed by atoms with Crippen LogP contribution in [0.5, 0.6) is 0 Å². The molecule has 0 aliphatic heterocycles. The maximum absolute atomic E-state index is 15.7. The van der Waals surface area contributed by atoms with Crippen molar-refractivity contribution in [1.29, 1.82) is 0 Å². The monoisotopic (exact) mass is 607 g/mol. The molecule has 1 aliphatic carbocycles. The van der Waals surface area contributed by atoms with Crippen LogP contribution in [-0.2, 0) is 32.0 Å². The number of hydrogen-bond donors (Lipinski definition) is 0. The first-order valence-electron chi connectivity index (χ1n) is 11.1. The zero-order valence-corrected chi connectivity index (χ0v) is 21.8. The van der Waals surface area contributed by atoms with Gasteiger partial charge in [0.15, 0.2) is 9.84 Å². The number of halogens is 8. The van der Waals surface area contributed by atoms with Gasteiger partial charge in [0.25, 0.3) is 5.91 Å². The van der Waals surface area contributed by atoms with Gasteiger partial charge < -0.3 is 4.90 Å². The van der Waals surface area contributed by atoms with Gasteiger partial charge in [-0.25, -0.2) is 25.6 Å². The first-order valence-corrected chi connectivity index (χ1v) is 14.5. The molecule has 2 aromatic rings. The van der Waals surface area contributed by atoms with E-state index in [-0.39, 0.29) is 31.0 Å². The summed E-state index contributed by atoms with van der Waals surface area (Å²) in [5.41, 5.74) is -3.52. The minimum Gasteiger partial charge on any atom is -0.339 e. The number of sulfone groups is 2. The molecule has 216 valence electrons. The first kappa shape index (κ1) is 30.8. The normalized spacial score (nSPS) is 21.0. The van der Waals surface area contributed by atoms with Gasteiger partial charge in [-0.05, 0) is 62.1 Å². The van der Waals surface area contributed by atoms with Gasteiger partial charge in [-0.2, -0.15) is 26.3 Å². The minimum atomic E-state index is -5.13. The van der Waals surface area contributed by atoms with Gasteiger partial charge in [0.1, 0.15) is 5.82 Å². The van der Waals surface area contributed by atoms with Gasteiger partial charge in [0.2, 0.25) is 14.8 Å². The van der Waals surface area contributed by atoms with Crippen LogP contribution >= 0.6 is 0 Å². The predicted octanol–water partition coefficient (Wildman–Crippen LogP) is 5.42. The summed E-state index contributed by atoms with van der Waals surface area (Å²) in [5, 5.41) is -3.10. The van der Waals surface area contributed by atoms with Crippen molar-refractivity contribution in [3.8, 4) is 0 Å². The second-order valence-corrected chi connectivity index (χ2v) is 13.4. The van der Waals surface area contributed by atoms with Gasteiger partial charge in [0.05, 0.1) is 26.5 Å². The predicted molar refractivity (Wildman–Crippen MR) is 121 cm³/mol. The Labute approximate surface area is 218 Å². The van der Waals surface area contributed by atoms with Gasteiger partial charge in [-0.3, -0.25) is 4.79 Å². The highest BCUT2D eigenvalue weighted by Crippen LogP contribution is 2.43. The average Bonchev–Trinajstić information content (AvgIpc) is 2.81. The third-order valence-corrected chi connectivity index (χ3v) is 9.86. The summed E-state index contributed by atoms with van der Waals surface area (Å²) in [4.78, 5) is 11.9. The quantitative estimate of drug-likeness (QED) is 0.424. The zero-order valence-electron chi connectivity index (χ0n) is 20.2. The molecular formula is C23H21F8NO5S2. The van der Waals surface area contributed by atoms with Gasteiger partial charge >= 0.3 is 12.4 Å². The molecule has 0 heterocycles. The Morgan fingerprint density at radius 1 is 0.897 bits per heavy atom. The lowest BCUT2D eigenvalue weighted by molar-refractivity contribution is -0.138. The van der Waals surface area contributed by atoms with Crippen LogP contribution in [0.4, 0.5) is 35.1 Å². The number of hydrogen-bond acceptors (Lipinski definition) is 5. The standard InChI is InChI=1S/C23H21F8NO5S2/c1-32(20(33)18-4-3-13(22(26,27)28)11-19(18)38(2,34)35)16-5-7-21(25,8-6-16)39(36,37)17-10-14(23(29,30)31)9-15(24)12-17/h3-4,9-12,16H,5-8H2,1-2H3/t16-,21+. The summed E-state index contributed by atoms with van der Waals surface area (Å²) >= 11 is 0. The minimum absolute atomic E-state index is 0.0629. The van der Waals surface area contributed by atoms with E-state index in [0.29, 0.717) is 24.5 Å². The maximum Gasteiger partial charge on any atom is 0.416 e. The topological polar surface area (TPSA) is 88.6 Å². The lowest BCUT2D eigenvalue weighted by Gasteiger charge is -2.37. The van der Waals surface area contributed by atoms with E-state index in [2.05, 4.69) is 0 Å². The molecule has 2 aromatic carbocycles. The molecule has 1 fully saturated rings. The number of benzene rings is 2. The fourth-order valence-corrected chi connectivity index (χ4v) is 6.96. The van der Waals surface area contributed by atoms with Gasteiger partial charge in [-0.15, -0.1) is 0 Å². The lowest BCUT2D eigenvalue weighted by atomic mass is 9.92. The molecule has 0 saturated heterocycles. The van der Waals surface area contributed by atoms with E-state index in [9.17, 15) is 52.4 Å². The van der Waals surface area contributed by atoms with Crippen molar-refractivity contribution >= 4 is 25.6 Å². The molecule has 16 heteroatoms. The molecule has 1 saturated carbocycles. The summed E-state index contributed by atoms with van der Waals surface area (Å²) in [5.74, 6) is -2.56. The molecule has 1 aliphatic rings. The molecule has 39 heavy (non-hydrogen) atoms. The third kappa shape index (κ3) is 6.21. The molecule has 0 spiro atoms. The summed E-state index contributed by atoms with van der Waals surface area (Å²) in [6.07, 6.45) is -11.7. The molecule has 0 bridgehead atoms. The van der Waals surface area contributed by atoms with Crippen molar-refractivity contribution in [1.82, 2.24) is 4.90 Å². The Morgan fingerprint density at radius 3 is 1.92 bits per heavy atom. The smallest absolute Gasteiger partial charge is 0.339 e. The molecule has 0 aromatic heterocycles. The van der Waals surface area contributed by atoms with Crippen LogP contribution in [0.2, 0.25) is 0 Å². The van der Waals surface area contributed by atoms with Crippen molar-refractivity contribution in [2.75, 3.05) is 13.3 Å². The van der Waals surface area contributed by atoms with Gasteiger partial charge in [-0.1, -0.05) is 0 Å². The van der Waals surface area contributed by atoms with E-state index in [1.807, 2.05) is 0 Å². The van der Waals surface area contributed by atoms with E-state index in [0.717, 1.165) is 4.90 Å². The highest BCUT2D eigenvalue weighted by Gasteiger charge is 2.49. The first-order chi connectivity index (χ1) is 17.6. The number of nitrogens with zero attached hydrogens (tertiary/aromatic N) is 1. The van der Waals surface area contributed by atoms with Crippen molar-refractivity contribution in [3.05, 3.63) is 58.9 Å². The van der Waals surface area contributed by atoms with Crippen molar-refractivity contribution in [3.63, 3.8) is 0 Å². The molecule has 0 atom stereocenters. The fourth-order valence-electron chi connectivity index (χ4n) is 4.32. The Kier molecular flexibility index (Phi) is 7.91. The van der Waals surface area contributed by atoms with Crippen LogP contribution in [-0.4, -0.2) is 52.0 Å². The van der Waals surface area contributed by atoms with Gasteiger partial charge in [0, 0.05) is 19.3 Å². The zero-order chi connectivity index (χ0) is 29.8. The second kappa shape index (κ2) is 10.0. The van der Waals surface area contributed by atoms with E-state index in [1.54, 1.807) is 0 Å². The van der Waals surface area contributed by atoms with Crippen LogP contribution in [0.3, 0.4) is 0 Å². The molecule has 0 unspecified atom stereocenters. The van der Waals surface area contributed by atoms with Crippen LogP contribution in [0, 0.1) is 5.82 Å². The third-order valence-electron chi connectivity index (χ3n) is 6.50. The molecular weight excluding hydrogens is 586 g/mol. The van der Waals surface area contributed by atoms with Crippen molar-refractivity contribution in [2.45, 2.75) is 58.9 Å². The summed E-state index contributed by atoms with van der Waals surface area (Å²) < 4.78 is 158. The molecule has 6 nitrogen and oxygen atoms in total. The number of carbonyl (C=O) groups excluding carboxylic acids is 1. The number of amides is 1. The summed E-state index contributed by atoms with van der Waals surface area (Å²) in [6.45, 7) is 0. The lowest BCUT2D eigenvalue weighted by Crippen LogP contribution is -2.46. The van der Waals surface area contributed by atoms with Crippen LogP contribution < -0.4 is 0 Å². The number of alkyl halides is 7. The summed E-state index contributed by atoms with van der Waals surface area (Å²) in [6, 6.07) is 1.07. The second-order valence-electron chi connectivity index (χ2n) is 9.19. The van der Waals surface area contributed by atoms with E-state index in [1.165, 1.54) is 7.05 Å². The SMILES string of the molecule is CN(C(=O)c1ccc(C(F)(F)F)cc1S(C)(=O)=O)[C@H]1CC[C@@](F)(S(=O)(=O)c2cc(F)cc(C(F)(F)F)c2)CC1. The fraction of sp³-hybridized carbons (Fsp3) is 0.435. The Balaban J connectivity index is 1.86. The van der Waals surface area contributed by atoms with Crippen molar-refractivity contribution in [2.24, 2.45) is 0 Å². The average molecular weight is 608 g/mol. The maximum atomic E-state index is 15.7. The van der Waals surface area contributed by atoms with Crippen LogP contribution in [0.1, 0.15) is 47.2 Å². The Hall–Kier alpha value is -2.75. The Bertz CT molecular complexity index is 1490. The molecule has 3 rings (SSSR count). The highest BCUT2D eigenvalue weighted by atomic mass is 32.2. The summed E-state index contributed by atoms with van der Waals surface area (Å²) in [7, 11) is -8.27. The Morgan fingerprint density at radius 2 is 1.44 bits per heavy atom. The molecule has 0 radical (unpaired) electrons. The van der Waals surface area contributed by atoms with Crippen LogP contribution in [0.25, 0.3) is 0 Å². The number of carbonyl (C=O) groups is 1. The van der Waals surface area contributed by atoms with Crippen molar-refractivity contribution < 1.29 is 56.8 Å². The molecule has 1 amide bonds. The molecule has 0 N–H and O–H groups in total. The highest BCUT2D eigenvalue weighted by molar-refractivity contribution is 7.92. The van der Waals surface area contributed by atoms with Crippen LogP contribution in [0.15, 0.2) is 46.2 Å². The largest absolute Gasteiger partial charge is 0.416 e. The number of rotatable bonds is 5.